The molecule has 2 rings (SSSR count). The Labute approximate surface area is 96.3 Å². The van der Waals surface area contributed by atoms with Crippen molar-refractivity contribution >= 4 is 43.2 Å². The van der Waals surface area contributed by atoms with Gasteiger partial charge >= 0.3 is 0 Å². The standard InChI is InChI=1S/C8H4Br2N2S/c9-7-3-5(11-4-12-7)6-1-2-8(10)13-6/h1-4H. The average molecular weight is 320 g/mol. The summed E-state index contributed by atoms with van der Waals surface area (Å²) < 4.78 is 1.92. The van der Waals surface area contributed by atoms with E-state index in [0.29, 0.717) is 0 Å². The largest absolute Gasteiger partial charge is 0.235 e. The lowest BCUT2D eigenvalue weighted by molar-refractivity contribution is 1.15. The van der Waals surface area contributed by atoms with Crippen molar-refractivity contribution in [2.45, 2.75) is 0 Å². The lowest BCUT2D eigenvalue weighted by atomic mass is 10.3. The molecule has 0 bridgehead atoms. The van der Waals surface area contributed by atoms with Gasteiger partial charge in [0.05, 0.1) is 14.4 Å². The Morgan fingerprint density at radius 2 is 2.00 bits per heavy atom. The van der Waals surface area contributed by atoms with E-state index in [1.54, 1.807) is 17.7 Å². The van der Waals surface area contributed by atoms with E-state index in [1.165, 1.54) is 0 Å². The van der Waals surface area contributed by atoms with Crippen LogP contribution in [0.5, 0.6) is 0 Å². The first-order valence-electron chi connectivity index (χ1n) is 3.49. The maximum atomic E-state index is 4.17. The topological polar surface area (TPSA) is 25.8 Å². The van der Waals surface area contributed by atoms with E-state index in [9.17, 15) is 0 Å². The summed E-state index contributed by atoms with van der Waals surface area (Å²) in [6, 6.07) is 5.94. The SMILES string of the molecule is Brc1cc(-c2ccc(Br)s2)ncn1. The van der Waals surface area contributed by atoms with Crippen LogP contribution in [0.3, 0.4) is 0 Å². The summed E-state index contributed by atoms with van der Waals surface area (Å²) in [6.07, 6.45) is 1.55. The molecular weight excluding hydrogens is 316 g/mol. The predicted molar refractivity (Wildman–Crippen MR) is 60.7 cm³/mol. The minimum atomic E-state index is 0.807. The van der Waals surface area contributed by atoms with Gasteiger partial charge in [-0.25, -0.2) is 9.97 Å². The molecule has 0 fully saturated rings. The molecule has 0 unspecified atom stereocenters. The molecule has 0 aliphatic rings. The molecular formula is C8H4Br2N2S. The third-order valence-corrected chi connectivity index (χ3v) is 3.54. The second kappa shape index (κ2) is 3.86. The molecule has 0 saturated heterocycles. The predicted octanol–water partition coefficient (Wildman–Crippen LogP) is 3.73. The van der Waals surface area contributed by atoms with Gasteiger partial charge in [0.15, 0.2) is 0 Å². The smallest absolute Gasteiger partial charge is 0.117 e. The fourth-order valence-corrected chi connectivity index (χ4v) is 2.58. The average Bonchev–Trinajstić information content (AvgIpc) is 2.52. The van der Waals surface area contributed by atoms with Gasteiger partial charge < -0.3 is 0 Å². The number of rotatable bonds is 1. The third kappa shape index (κ3) is 2.15. The summed E-state index contributed by atoms with van der Waals surface area (Å²) in [7, 11) is 0. The third-order valence-electron chi connectivity index (χ3n) is 1.46. The van der Waals surface area contributed by atoms with Crippen LogP contribution in [0.2, 0.25) is 0 Å². The van der Waals surface area contributed by atoms with E-state index in [4.69, 9.17) is 0 Å². The normalized spacial score (nSPS) is 10.3. The van der Waals surface area contributed by atoms with Crippen molar-refractivity contribution in [1.29, 1.82) is 0 Å². The summed E-state index contributed by atoms with van der Waals surface area (Å²) >= 11 is 8.37. The van der Waals surface area contributed by atoms with Crippen LogP contribution < -0.4 is 0 Å². The van der Waals surface area contributed by atoms with Crippen LogP contribution in [0.25, 0.3) is 10.6 Å². The maximum absolute atomic E-state index is 4.17. The van der Waals surface area contributed by atoms with Crippen LogP contribution in [-0.2, 0) is 0 Å². The number of hydrogen-bond acceptors (Lipinski definition) is 3. The van der Waals surface area contributed by atoms with Crippen LogP contribution >= 0.6 is 43.2 Å². The monoisotopic (exact) mass is 318 g/mol. The fourth-order valence-electron chi connectivity index (χ4n) is 0.920. The van der Waals surface area contributed by atoms with Gasteiger partial charge in [0, 0.05) is 0 Å². The molecule has 0 aliphatic heterocycles. The molecule has 0 radical (unpaired) electrons. The first-order chi connectivity index (χ1) is 6.25. The van der Waals surface area contributed by atoms with Crippen LogP contribution in [0, 0.1) is 0 Å². The van der Waals surface area contributed by atoms with Crippen molar-refractivity contribution in [2.24, 2.45) is 0 Å². The van der Waals surface area contributed by atoms with E-state index in [-0.39, 0.29) is 0 Å². The second-order valence-corrected chi connectivity index (χ2v) is 5.61. The van der Waals surface area contributed by atoms with Crippen molar-refractivity contribution in [3.8, 4) is 10.6 Å². The molecule has 2 nitrogen and oxygen atoms in total. The van der Waals surface area contributed by atoms with E-state index < -0.39 is 0 Å². The first-order valence-corrected chi connectivity index (χ1v) is 5.89. The molecule has 0 saturated carbocycles. The first kappa shape index (κ1) is 9.30. The van der Waals surface area contributed by atoms with Gasteiger partial charge in [0.25, 0.3) is 0 Å². The molecule has 66 valence electrons. The summed E-state index contributed by atoms with van der Waals surface area (Å²) in [6.45, 7) is 0. The Hall–Kier alpha value is -0.260. The van der Waals surface area contributed by atoms with Gasteiger partial charge in [-0.05, 0) is 50.1 Å². The van der Waals surface area contributed by atoms with Crippen molar-refractivity contribution in [2.75, 3.05) is 0 Å². The van der Waals surface area contributed by atoms with E-state index in [0.717, 1.165) is 19.0 Å². The van der Waals surface area contributed by atoms with E-state index >= 15 is 0 Å². The molecule has 0 aromatic carbocycles. The molecule has 2 aromatic heterocycles. The Balaban J connectivity index is 2.46. The number of aromatic nitrogens is 2. The summed E-state index contributed by atoms with van der Waals surface area (Å²) in [5.74, 6) is 0. The highest BCUT2D eigenvalue weighted by atomic mass is 79.9. The lowest BCUT2D eigenvalue weighted by Crippen LogP contribution is -1.82. The van der Waals surface area contributed by atoms with Crippen LogP contribution in [0.1, 0.15) is 0 Å². The number of nitrogens with zero attached hydrogens (tertiary/aromatic N) is 2. The summed E-state index contributed by atoms with van der Waals surface area (Å²) in [4.78, 5) is 9.28. The van der Waals surface area contributed by atoms with Crippen molar-refractivity contribution < 1.29 is 0 Å². The van der Waals surface area contributed by atoms with Gasteiger partial charge in [-0.3, -0.25) is 0 Å². The Kier molecular flexibility index (Phi) is 2.76. The Morgan fingerprint density at radius 3 is 2.62 bits per heavy atom. The van der Waals surface area contributed by atoms with Gasteiger partial charge in [-0.1, -0.05) is 0 Å². The van der Waals surface area contributed by atoms with E-state index in [2.05, 4.69) is 41.8 Å². The molecule has 13 heavy (non-hydrogen) atoms. The summed E-state index contributed by atoms with van der Waals surface area (Å²) in [5.41, 5.74) is 0.942. The van der Waals surface area contributed by atoms with Crippen molar-refractivity contribution in [1.82, 2.24) is 9.97 Å². The van der Waals surface area contributed by atoms with Crippen molar-refractivity contribution in [3.63, 3.8) is 0 Å². The fraction of sp³-hybridized carbons (Fsp3) is 0. The Bertz CT molecular complexity index is 428. The van der Waals surface area contributed by atoms with Gasteiger partial charge in [-0.15, -0.1) is 11.3 Å². The number of hydrogen-bond donors (Lipinski definition) is 0. The van der Waals surface area contributed by atoms with Gasteiger partial charge in [0.1, 0.15) is 10.9 Å². The molecule has 0 N–H and O–H groups in total. The quantitative estimate of drug-likeness (QED) is 0.748. The van der Waals surface area contributed by atoms with Crippen LogP contribution in [0.15, 0.2) is 32.9 Å². The number of thiophene rings is 1. The summed E-state index contributed by atoms with van der Waals surface area (Å²) in [5, 5.41) is 0. The number of halogens is 2. The Morgan fingerprint density at radius 1 is 1.15 bits per heavy atom. The van der Waals surface area contributed by atoms with Crippen molar-refractivity contribution in [3.05, 3.63) is 32.9 Å². The van der Waals surface area contributed by atoms with Gasteiger partial charge in [-0.2, -0.15) is 0 Å². The molecule has 2 heterocycles. The molecule has 0 atom stereocenters. The lowest BCUT2D eigenvalue weighted by Gasteiger charge is -1.94. The zero-order chi connectivity index (χ0) is 9.26. The van der Waals surface area contributed by atoms with E-state index in [1.807, 2.05) is 18.2 Å². The maximum Gasteiger partial charge on any atom is 0.117 e. The second-order valence-electron chi connectivity index (χ2n) is 2.33. The van der Waals surface area contributed by atoms with Crippen LogP contribution in [-0.4, -0.2) is 9.97 Å². The molecule has 2 aromatic rings. The van der Waals surface area contributed by atoms with Crippen LogP contribution in [0.4, 0.5) is 0 Å². The highest BCUT2D eigenvalue weighted by Gasteiger charge is 2.02. The zero-order valence-electron chi connectivity index (χ0n) is 6.37. The molecule has 5 heteroatoms. The highest BCUT2D eigenvalue weighted by Crippen LogP contribution is 2.30. The minimum absolute atomic E-state index is 0.807. The zero-order valence-corrected chi connectivity index (χ0v) is 10.4. The van der Waals surface area contributed by atoms with Gasteiger partial charge in [0.2, 0.25) is 0 Å². The molecule has 0 aliphatic carbocycles. The molecule has 0 spiro atoms. The highest BCUT2D eigenvalue weighted by molar-refractivity contribution is 9.11. The molecule has 0 amide bonds. The minimum Gasteiger partial charge on any atom is -0.235 e.